The van der Waals surface area contributed by atoms with Crippen LogP contribution in [-0.4, -0.2) is 46.9 Å². The van der Waals surface area contributed by atoms with Gasteiger partial charge in [0.2, 0.25) is 11.8 Å². The Balaban J connectivity index is 0.937. The van der Waals surface area contributed by atoms with Crippen LogP contribution in [0.1, 0.15) is 58.7 Å². The number of ether oxygens (including phenoxy) is 3. The van der Waals surface area contributed by atoms with E-state index in [9.17, 15) is 4.79 Å². The number of pyridine rings is 1. The number of hydrogen-bond acceptors (Lipinski definition) is 6. The lowest BCUT2D eigenvalue weighted by Gasteiger charge is -2.34. The Labute approximate surface area is 312 Å². The summed E-state index contributed by atoms with van der Waals surface area (Å²) < 4.78 is 17.9. The molecule has 0 atom stereocenters. The molecule has 0 N–H and O–H groups in total. The molecular formula is C44H46ClN3O4. The van der Waals surface area contributed by atoms with Crippen molar-refractivity contribution >= 4 is 23.6 Å². The predicted molar refractivity (Wildman–Crippen MR) is 208 cm³/mol. The Morgan fingerprint density at radius 2 is 1.40 bits per heavy atom. The summed E-state index contributed by atoms with van der Waals surface area (Å²) in [5.74, 6) is 3.06. The normalized spacial score (nSPS) is 13.5. The molecule has 1 aliphatic rings. The lowest BCUT2D eigenvalue weighted by atomic mass is 10.0. The van der Waals surface area contributed by atoms with E-state index < -0.39 is 0 Å². The summed E-state index contributed by atoms with van der Waals surface area (Å²) >= 11 is 6.63. The molecule has 4 aromatic carbocycles. The minimum Gasteiger partial charge on any atom is -0.489 e. The van der Waals surface area contributed by atoms with E-state index >= 15 is 0 Å². The number of halogens is 1. The van der Waals surface area contributed by atoms with Gasteiger partial charge in [-0.25, -0.2) is 4.98 Å². The van der Waals surface area contributed by atoms with Gasteiger partial charge in [-0.05, 0) is 83.5 Å². The van der Waals surface area contributed by atoms with Gasteiger partial charge in [0.1, 0.15) is 30.5 Å². The van der Waals surface area contributed by atoms with E-state index in [2.05, 4.69) is 91.3 Å². The molecule has 0 spiro atoms. The minimum absolute atomic E-state index is 0.0224. The van der Waals surface area contributed by atoms with Crippen molar-refractivity contribution in [2.24, 2.45) is 0 Å². The average Bonchev–Trinajstić information content (AvgIpc) is 3.16. The molecule has 0 saturated carbocycles. The maximum Gasteiger partial charge on any atom is 0.246 e. The predicted octanol–water partition coefficient (Wildman–Crippen LogP) is 9.78. The van der Waals surface area contributed by atoms with Crippen LogP contribution in [0.15, 0.2) is 109 Å². The van der Waals surface area contributed by atoms with Gasteiger partial charge in [0.05, 0.1) is 11.2 Å². The van der Waals surface area contributed by atoms with Crippen LogP contribution in [0, 0.1) is 13.8 Å². The first kappa shape index (κ1) is 36.7. The molecule has 0 bridgehead atoms. The highest BCUT2D eigenvalue weighted by atomic mass is 35.5. The molecule has 0 radical (unpaired) electrons. The molecule has 5 aromatic rings. The summed E-state index contributed by atoms with van der Waals surface area (Å²) in [7, 11) is 0. The standard InChI is InChI=1S/C44H46ClN3O4/c1-31(2)37-13-16-39(17-14-37)50-29-36-11-9-34(10-12-36)28-47-21-23-48(24-22-47)44(49)20-15-38-25-33(4)42(26-41(38)45)52-43-19-18-40(27-46-43)51-30-35-7-5-32(3)6-8-35/h5-20,25-27,31H,21-24,28-30H2,1-4H3/b20-15+. The van der Waals surface area contributed by atoms with Crippen LogP contribution in [-0.2, 0) is 24.6 Å². The van der Waals surface area contributed by atoms with Crippen molar-refractivity contribution in [1.29, 1.82) is 0 Å². The third-order valence-corrected chi connectivity index (χ3v) is 9.54. The Hall–Kier alpha value is -5.11. The number of benzene rings is 4. The Kier molecular flexibility index (Phi) is 12.3. The van der Waals surface area contributed by atoms with Crippen molar-refractivity contribution in [2.75, 3.05) is 26.2 Å². The topological polar surface area (TPSA) is 64.1 Å². The zero-order valence-corrected chi connectivity index (χ0v) is 31.1. The summed E-state index contributed by atoms with van der Waals surface area (Å²) in [5, 5.41) is 0.491. The first-order chi connectivity index (χ1) is 25.2. The smallest absolute Gasteiger partial charge is 0.246 e. The van der Waals surface area contributed by atoms with Crippen molar-refractivity contribution in [2.45, 2.75) is 53.4 Å². The molecule has 1 aliphatic heterocycles. The van der Waals surface area contributed by atoms with Crippen LogP contribution < -0.4 is 14.2 Å². The van der Waals surface area contributed by atoms with Gasteiger partial charge >= 0.3 is 0 Å². The summed E-state index contributed by atoms with van der Waals surface area (Å²) in [6.45, 7) is 13.2. The third-order valence-electron chi connectivity index (χ3n) is 9.21. The van der Waals surface area contributed by atoms with E-state index in [1.54, 1.807) is 30.5 Å². The molecule has 7 nitrogen and oxygen atoms in total. The SMILES string of the molecule is Cc1ccc(COc2ccc(Oc3cc(Cl)c(/C=C/C(=O)N4CCN(Cc5ccc(COc6ccc(C(C)C)cc6)cc5)CC4)cc3C)nc2)cc1. The quantitative estimate of drug-likeness (QED) is 0.113. The van der Waals surface area contributed by atoms with Gasteiger partial charge in [0.25, 0.3) is 0 Å². The summed E-state index contributed by atoms with van der Waals surface area (Å²) in [4.78, 5) is 21.7. The molecule has 1 amide bonds. The summed E-state index contributed by atoms with van der Waals surface area (Å²) in [6, 6.07) is 32.4. The number of piperazine rings is 1. The van der Waals surface area contributed by atoms with Crippen LogP contribution in [0.5, 0.6) is 23.1 Å². The van der Waals surface area contributed by atoms with Gasteiger partial charge in [-0.15, -0.1) is 0 Å². The molecule has 2 heterocycles. The second kappa shape index (κ2) is 17.4. The summed E-state index contributed by atoms with van der Waals surface area (Å²) in [6.07, 6.45) is 5.02. The fourth-order valence-corrected chi connectivity index (χ4v) is 6.12. The maximum absolute atomic E-state index is 13.1. The van der Waals surface area contributed by atoms with E-state index in [1.807, 2.05) is 36.1 Å². The fraction of sp³-hybridized carbons (Fsp3) is 0.273. The highest BCUT2D eigenvalue weighted by Gasteiger charge is 2.20. The second-order valence-corrected chi connectivity index (χ2v) is 14.0. The molecule has 8 heteroatoms. The van der Waals surface area contributed by atoms with Crippen molar-refractivity contribution in [3.63, 3.8) is 0 Å². The van der Waals surface area contributed by atoms with Gasteiger partial charge in [0, 0.05) is 50.9 Å². The van der Waals surface area contributed by atoms with Crippen LogP contribution >= 0.6 is 11.6 Å². The fourth-order valence-electron chi connectivity index (χ4n) is 5.91. The number of nitrogens with zero attached hydrogens (tertiary/aromatic N) is 3. The van der Waals surface area contributed by atoms with Crippen molar-refractivity contribution in [1.82, 2.24) is 14.8 Å². The van der Waals surface area contributed by atoms with E-state index in [1.165, 1.54) is 16.7 Å². The number of carbonyl (C=O) groups excluding carboxylic acids is 1. The van der Waals surface area contributed by atoms with E-state index in [4.69, 9.17) is 25.8 Å². The second-order valence-electron chi connectivity index (χ2n) is 13.6. The highest BCUT2D eigenvalue weighted by Crippen LogP contribution is 2.31. The third kappa shape index (κ3) is 10.2. The van der Waals surface area contributed by atoms with Crippen LogP contribution in [0.25, 0.3) is 6.08 Å². The van der Waals surface area contributed by atoms with Crippen molar-refractivity contribution in [3.05, 3.63) is 153 Å². The molecule has 52 heavy (non-hydrogen) atoms. The molecule has 1 saturated heterocycles. The van der Waals surface area contributed by atoms with Gasteiger partial charge in [-0.1, -0.05) is 91.7 Å². The number of hydrogen-bond donors (Lipinski definition) is 0. The molecule has 0 unspecified atom stereocenters. The minimum atomic E-state index is -0.0224. The van der Waals surface area contributed by atoms with Crippen LogP contribution in [0.3, 0.4) is 0 Å². The maximum atomic E-state index is 13.1. The van der Waals surface area contributed by atoms with E-state index in [-0.39, 0.29) is 5.91 Å². The van der Waals surface area contributed by atoms with Gasteiger partial charge in [-0.3, -0.25) is 9.69 Å². The number of amides is 1. The molecular weight excluding hydrogens is 670 g/mol. The number of aromatic nitrogens is 1. The summed E-state index contributed by atoms with van der Waals surface area (Å²) in [5.41, 5.74) is 7.63. The molecule has 6 rings (SSSR count). The van der Waals surface area contributed by atoms with Gasteiger partial charge in [-0.2, -0.15) is 0 Å². The first-order valence-electron chi connectivity index (χ1n) is 17.8. The van der Waals surface area contributed by atoms with Crippen LogP contribution in [0.4, 0.5) is 0 Å². The molecule has 0 aliphatic carbocycles. The Bertz CT molecular complexity index is 1950. The largest absolute Gasteiger partial charge is 0.489 e. The lowest BCUT2D eigenvalue weighted by molar-refractivity contribution is -0.127. The Morgan fingerprint density at radius 1 is 0.788 bits per heavy atom. The number of carbonyl (C=O) groups is 1. The highest BCUT2D eigenvalue weighted by molar-refractivity contribution is 6.32. The molecule has 1 fully saturated rings. The van der Waals surface area contributed by atoms with Gasteiger partial charge < -0.3 is 19.1 Å². The zero-order chi connectivity index (χ0) is 36.5. The number of rotatable bonds is 13. The van der Waals surface area contributed by atoms with Gasteiger partial charge in [0.15, 0.2) is 0 Å². The Morgan fingerprint density at radius 3 is 2.04 bits per heavy atom. The van der Waals surface area contributed by atoms with Crippen molar-refractivity contribution < 1.29 is 19.0 Å². The van der Waals surface area contributed by atoms with Crippen molar-refractivity contribution in [3.8, 4) is 23.1 Å². The van der Waals surface area contributed by atoms with E-state index in [0.29, 0.717) is 54.6 Å². The molecule has 1 aromatic heterocycles. The van der Waals surface area contributed by atoms with E-state index in [0.717, 1.165) is 47.6 Å². The van der Waals surface area contributed by atoms with Crippen LogP contribution in [0.2, 0.25) is 5.02 Å². The lowest BCUT2D eigenvalue weighted by Crippen LogP contribution is -2.47. The monoisotopic (exact) mass is 715 g/mol. The average molecular weight is 716 g/mol. The zero-order valence-electron chi connectivity index (χ0n) is 30.3. The first-order valence-corrected chi connectivity index (χ1v) is 18.2. The number of aryl methyl sites for hydroxylation is 2. The molecule has 268 valence electrons.